The van der Waals surface area contributed by atoms with Gasteiger partial charge in [0.2, 0.25) is 0 Å². The van der Waals surface area contributed by atoms with E-state index in [0.29, 0.717) is 19.6 Å². The lowest BCUT2D eigenvalue weighted by Crippen LogP contribution is -2.26. The predicted molar refractivity (Wildman–Crippen MR) is 70.2 cm³/mol. The van der Waals surface area contributed by atoms with Gasteiger partial charge in [0.25, 0.3) is 0 Å². The first-order chi connectivity index (χ1) is 8.77. The summed E-state index contributed by atoms with van der Waals surface area (Å²) in [7, 11) is -1.84. The molecule has 0 saturated carbocycles. The summed E-state index contributed by atoms with van der Waals surface area (Å²) in [4.78, 5) is 9.61. The van der Waals surface area contributed by atoms with E-state index in [1.165, 1.54) is 19.3 Å². The lowest BCUT2D eigenvalue weighted by molar-refractivity contribution is 0.00682. The minimum absolute atomic E-state index is 0.0785. The molecule has 0 radical (unpaired) electrons. The molecule has 0 aliphatic carbocycles. The third-order valence-corrected chi connectivity index (χ3v) is 3.86. The summed E-state index contributed by atoms with van der Waals surface area (Å²) in [6, 6.07) is 0. The summed E-state index contributed by atoms with van der Waals surface area (Å²) in [5, 5.41) is 9.03. The minimum Gasteiger partial charge on any atom is -0.394 e. The third kappa shape index (κ3) is 6.41. The van der Waals surface area contributed by atoms with Gasteiger partial charge in [-0.25, -0.2) is 0 Å². The van der Waals surface area contributed by atoms with Gasteiger partial charge in [-0.15, -0.1) is 0 Å². The molecule has 5 nitrogen and oxygen atoms in total. The number of aliphatic hydroxyl groups excluding tert-OH is 1. The van der Waals surface area contributed by atoms with E-state index in [-0.39, 0.29) is 18.8 Å². The molecule has 0 aromatic rings. The maximum atomic E-state index is 9.61. The predicted octanol–water partition coefficient (Wildman–Crippen LogP) is 2.36. The summed E-state index contributed by atoms with van der Waals surface area (Å²) < 4.78 is 15.8. The fourth-order valence-corrected chi connectivity index (χ4v) is 2.73. The van der Waals surface area contributed by atoms with Crippen LogP contribution >= 0.6 is 8.60 Å². The van der Waals surface area contributed by atoms with Crippen LogP contribution in [0, 0.1) is 0 Å². The molecule has 6 heteroatoms. The van der Waals surface area contributed by atoms with E-state index in [4.69, 9.17) is 18.9 Å². The summed E-state index contributed by atoms with van der Waals surface area (Å²) >= 11 is 0. The Balaban J connectivity index is 2.01. The highest BCUT2D eigenvalue weighted by Gasteiger charge is 2.31. The van der Waals surface area contributed by atoms with E-state index in [0.717, 1.165) is 12.8 Å². The fraction of sp³-hybridized carbons (Fsp3) is 1.00. The molecule has 1 saturated heterocycles. The Morgan fingerprint density at radius 3 is 2.78 bits per heavy atom. The second kappa shape index (κ2) is 10.1. The van der Waals surface area contributed by atoms with Crippen molar-refractivity contribution in [3.8, 4) is 0 Å². The van der Waals surface area contributed by atoms with Gasteiger partial charge in [0.1, 0.15) is 6.10 Å². The number of aliphatic hydroxyl groups is 1. The largest absolute Gasteiger partial charge is 0.394 e. The first-order valence-corrected chi connectivity index (χ1v) is 7.92. The molecule has 1 aliphatic rings. The first kappa shape index (κ1) is 16.3. The molecule has 3 unspecified atom stereocenters. The van der Waals surface area contributed by atoms with Crippen LogP contribution in [0.3, 0.4) is 0 Å². The molecule has 1 aliphatic heterocycles. The fourth-order valence-electron chi connectivity index (χ4n) is 1.91. The topological polar surface area (TPSA) is 68.2 Å². The summed E-state index contributed by atoms with van der Waals surface area (Å²) in [6.45, 7) is 3.20. The van der Waals surface area contributed by atoms with Crippen molar-refractivity contribution in [3.63, 3.8) is 0 Å². The molecule has 0 bridgehead atoms. The highest BCUT2D eigenvalue weighted by molar-refractivity contribution is 7.40. The minimum atomic E-state index is -1.84. The SMILES string of the molecule is CCCCCCCOP(O)OC1CCOC1CO. The lowest BCUT2D eigenvalue weighted by Gasteiger charge is -2.19. The summed E-state index contributed by atoms with van der Waals surface area (Å²) in [6.07, 6.45) is 5.90. The molecule has 108 valence electrons. The van der Waals surface area contributed by atoms with Gasteiger partial charge >= 0.3 is 8.60 Å². The van der Waals surface area contributed by atoms with E-state index in [2.05, 4.69) is 6.92 Å². The van der Waals surface area contributed by atoms with Gasteiger partial charge in [0.05, 0.1) is 19.3 Å². The van der Waals surface area contributed by atoms with Gasteiger partial charge in [-0.1, -0.05) is 32.6 Å². The normalized spacial score (nSPS) is 25.5. The van der Waals surface area contributed by atoms with E-state index >= 15 is 0 Å². The van der Waals surface area contributed by atoms with Crippen LogP contribution in [0.2, 0.25) is 0 Å². The average Bonchev–Trinajstić information content (AvgIpc) is 2.80. The molecule has 1 fully saturated rings. The van der Waals surface area contributed by atoms with Gasteiger partial charge in [-0.2, -0.15) is 0 Å². The van der Waals surface area contributed by atoms with Crippen LogP contribution in [-0.2, 0) is 13.8 Å². The zero-order valence-corrected chi connectivity index (χ0v) is 12.0. The van der Waals surface area contributed by atoms with Crippen LogP contribution in [0.15, 0.2) is 0 Å². The second-order valence-corrected chi connectivity index (χ2v) is 5.45. The summed E-state index contributed by atoms with van der Waals surface area (Å²) in [5.74, 6) is 0. The second-order valence-electron chi connectivity index (χ2n) is 4.51. The van der Waals surface area contributed by atoms with Crippen LogP contribution in [0.25, 0.3) is 0 Å². The molecular weight excluding hydrogens is 255 g/mol. The molecule has 0 aromatic heterocycles. The van der Waals surface area contributed by atoms with Crippen LogP contribution < -0.4 is 0 Å². The Morgan fingerprint density at radius 1 is 1.28 bits per heavy atom. The van der Waals surface area contributed by atoms with E-state index in [9.17, 15) is 4.89 Å². The number of ether oxygens (including phenoxy) is 1. The van der Waals surface area contributed by atoms with Crippen molar-refractivity contribution in [2.45, 2.75) is 57.7 Å². The van der Waals surface area contributed by atoms with Gasteiger partial charge in [-0.05, 0) is 6.42 Å². The Hall–Kier alpha value is 0.230. The molecular formula is C12H25O5P. The molecule has 18 heavy (non-hydrogen) atoms. The van der Waals surface area contributed by atoms with Crippen molar-refractivity contribution >= 4 is 8.60 Å². The Bertz CT molecular complexity index is 205. The van der Waals surface area contributed by atoms with E-state index in [1.54, 1.807) is 0 Å². The van der Waals surface area contributed by atoms with Crippen LogP contribution in [0.1, 0.15) is 45.4 Å². The molecule has 0 aromatic carbocycles. The number of rotatable bonds is 10. The van der Waals surface area contributed by atoms with Gasteiger partial charge in [-0.3, -0.25) is 0 Å². The van der Waals surface area contributed by atoms with Crippen molar-refractivity contribution < 1.29 is 23.8 Å². The zero-order chi connectivity index (χ0) is 13.2. The van der Waals surface area contributed by atoms with Crippen molar-refractivity contribution in [3.05, 3.63) is 0 Å². The highest BCUT2D eigenvalue weighted by Crippen LogP contribution is 2.38. The molecule has 0 amide bonds. The number of hydrogen-bond acceptors (Lipinski definition) is 5. The van der Waals surface area contributed by atoms with Crippen molar-refractivity contribution in [1.82, 2.24) is 0 Å². The number of hydrogen-bond donors (Lipinski definition) is 2. The Morgan fingerprint density at radius 2 is 2.06 bits per heavy atom. The third-order valence-electron chi connectivity index (χ3n) is 3.00. The van der Waals surface area contributed by atoms with E-state index in [1.807, 2.05) is 0 Å². The van der Waals surface area contributed by atoms with Crippen LogP contribution in [0.5, 0.6) is 0 Å². The maximum absolute atomic E-state index is 9.61. The van der Waals surface area contributed by atoms with E-state index < -0.39 is 8.60 Å². The molecule has 1 heterocycles. The van der Waals surface area contributed by atoms with Gasteiger partial charge in [0.15, 0.2) is 0 Å². The molecule has 2 N–H and O–H groups in total. The highest BCUT2D eigenvalue weighted by atomic mass is 31.2. The molecule has 0 spiro atoms. The Kier molecular flexibility index (Phi) is 9.11. The smallest absolute Gasteiger partial charge is 0.330 e. The van der Waals surface area contributed by atoms with Crippen LogP contribution in [0.4, 0.5) is 0 Å². The first-order valence-electron chi connectivity index (χ1n) is 6.79. The van der Waals surface area contributed by atoms with Crippen molar-refractivity contribution in [1.29, 1.82) is 0 Å². The maximum Gasteiger partial charge on any atom is 0.330 e. The lowest BCUT2D eigenvalue weighted by atomic mass is 10.2. The summed E-state index contributed by atoms with van der Waals surface area (Å²) in [5.41, 5.74) is 0. The van der Waals surface area contributed by atoms with Gasteiger partial charge < -0.3 is 23.8 Å². The standard InChI is InChI=1S/C12H25O5P/c1-2-3-4-5-6-8-16-18(14)17-11-7-9-15-12(11)10-13/h11-14H,2-10H2,1H3. The molecule has 1 rings (SSSR count). The quantitative estimate of drug-likeness (QED) is 0.475. The van der Waals surface area contributed by atoms with Crippen molar-refractivity contribution in [2.75, 3.05) is 19.8 Å². The van der Waals surface area contributed by atoms with Crippen LogP contribution in [-0.4, -0.2) is 42.0 Å². The monoisotopic (exact) mass is 280 g/mol. The Labute approximate surface area is 110 Å². The van der Waals surface area contributed by atoms with Crippen molar-refractivity contribution in [2.24, 2.45) is 0 Å². The zero-order valence-electron chi connectivity index (χ0n) is 11.1. The molecule has 3 atom stereocenters. The number of unbranched alkanes of at least 4 members (excludes halogenated alkanes) is 4. The van der Waals surface area contributed by atoms with Gasteiger partial charge in [0, 0.05) is 13.0 Å². The average molecular weight is 280 g/mol.